The summed E-state index contributed by atoms with van der Waals surface area (Å²) in [5, 5.41) is 0. The van der Waals surface area contributed by atoms with Crippen LogP contribution in [0.4, 0.5) is 0 Å². The molecular formula is C2H7P3. The molecule has 0 spiro atoms. The van der Waals surface area contributed by atoms with Crippen LogP contribution in [0.1, 0.15) is 0 Å². The standard InChI is InChI=1S/C2H7P3/c1-2-4-5-3-1/h3-5H,1-2H2. The van der Waals surface area contributed by atoms with Crippen molar-refractivity contribution in [3.05, 3.63) is 0 Å². The molecule has 0 aliphatic carbocycles. The summed E-state index contributed by atoms with van der Waals surface area (Å²) in [5.74, 6) is 0. The Kier molecular flexibility index (Phi) is 2.19. The molecule has 1 saturated heterocycles. The molecule has 5 heavy (non-hydrogen) atoms. The molecule has 0 nitrogen and oxygen atoms in total. The first kappa shape index (κ1) is 4.45. The molecule has 0 saturated carbocycles. The predicted octanol–water partition coefficient (Wildman–Crippen LogP) is 1.87. The van der Waals surface area contributed by atoms with Gasteiger partial charge in [-0.15, -0.1) is 0 Å². The van der Waals surface area contributed by atoms with Crippen LogP contribution in [0.3, 0.4) is 0 Å². The lowest BCUT2D eigenvalue weighted by molar-refractivity contribution is 1.57. The summed E-state index contributed by atoms with van der Waals surface area (Å²) in [5.41, 5.74) is 0. The number of hydrogen-bond donors (Lipinski definition) is 0. The average Bonchev–Trinajstić information content (AvgIpc) is 1.76. The summed E-state index contributed by atoms with van der Waals surface area (Å²) < 4.78 is 0. The zero-order chi connectivity index (χ0) is 3.54. The van der Waals surface area contributed by atoms with Gasteiger partial charge in [0.2, 0.25) is 0 Å². The minimum absolute atomic E-state index is 1.35. The summed E-state index contributed by atoms with van der Waals surface area (Å²) in [6.45, 7) is 0. The fourth-order valence-corrected chi connectivity index (χ4v) is 8.44. The Labute approximate surface area is 37.6 Å². The van der Waals surface area contributed by atoms with Crippen LogP contribution in [0.15, 0.2) is 0 Å². The maximum absolute atomic E-state index is 1.55. The fraction of sp³-hybridized carbons (Fsp3) is 1.00. The Morgan fingerprint density at radius 2 is 1.60 bits per heavy atom. The van der Waals surface area contributed by atoms with E-state index in [1.54, 1.807) is 12.3 Å². The molecule has 1 aliphatic heterocycles. The SMILES string of the molecule is C1CPPP1. The van der Waals surface area contributed by atoms with Crippen LogP contribution < -0.4 is 0 Å². The lowest BCUT2D eigenvalue weighted by Gasteiger charge is -1.70. The Bertz CT molecular complexity index is 16.5. The van der Waals surface area contributed by atoms with Crippen LogP contribution in [-0.2, 0) is 0 Å². The molecule has 0 radical (unpaired) electrons. The van der Waals surface area contributed by atoms with E-state index in [1.165, 1.54) is 24.5 Å². The number of rotatable bonds is 0. The minimum Gasteiger partial charge on any atom is -0.0946 e. The van der Waals surface area contributed by atoms with E-state index in [-0.39, 0.29) is 0 Å². The second-order valence-corrected chi connectivity index (χ2v) is 8.06. The topological polar surface area (TPSA) is 0 Å². The van der Waals surface area contributed by atoms with Gasteiger partial charge in [0, 0.05) is 0 Å². The van der Waals surface area contributed by atoms with Crippen molar-refractivity contribution >= 4 is 24.5 Å². The monoisotopic (exact) mass is 124 g/mol. The third-order valence-corrected chi connectivity index (χ3v) is 8.15. The normalized spacial score (nSPS) is 38.4. The van der Waals surface area contributed by atoms with E-state index in [0.717, 1.165) is 0 Å². The van der Waals surface area contributed by atoms with E-state index >= 15 is 0 Å². The van der Waals surface area contributed by atoms with Crippen LogP contribution in [-0.4, -0.2) is 12.3 Å². The highest BCUT2D eigenvalue weighted by atomic mass is 32.4. The maximum atomic E-state index is 1.55. The van der Waals surface area contributed by atoms with Gasteiger partial charge >= 0.3 is 0 Å². The van der Waals surface area contributed by atoms with Gasteiger partial charge in [-0.2, -0.15) is 0 Å². The fourth-order valence-electron chi connectivity index (χ4n) is 0.312. The average molecular weight is 124 g/mol. The van der Waals surface area contributed by atoms with Gasteiger partial charge in [-0.3, -0.25) is 0 Å². The van der Waals surface area contributed by atoms with Crippen molar-refractivity contribution in [2.75, 3.05) is 12.3 Å². The Morgan fingerprint density at radius 1 is 1.00 bits per heavy atom. The molecule has 1 heterocycles. The van der Waals surface area contributed by atoms with E-state index in [9.17, 15) is 0 Å². The Balaban J connectivity index is 2.08. The largest absolute Gasteiger partial charge is 0.0946 e. The molecule has 0 bridgehead atoms. The molecule has 0 aromatic carbocycles. The van der Waals surface area contributed by atoms with Gasteiger partial charge in [0.05, 0.1) is 0 Å². The maximum Gasteiger partial charge on any atom is -0.0273 e. The summed E-state index contributed by atoms with van der Waals surface area (Å²) in [6.07, 6.45) is 3.10. The first-order chi connectivity index (χ1) is 2.50. The molecule has 30 valence electrons. The van der Waals surface area contributed by atoms with Gasteiger partial charge in [-0.1, -0.05) is 24.5 Å². The second kappa shape index (κ2) is 2.46. The van der Waals surface area contributed by atoms with Gasteiger partial charge in [-0.05, 0) is 12.3 Å². The van der Waals surface area contributed by atoms with Crippen molar-refractivity contribution in [2.24, 2.45) is 0 Å². The first-order valence-corrected chi connectivity index (χ1v) is 7.12. The second-order valence-electron chi connectivity index (χ2n) is 0.979. The van der Waals surface area contributed by atoms with Crippen LogP contribution >= 0.6 is 24.5 Å². The van der Waals surface area contributed by atoms with Gasteiger partial charge in [0.25, 0.3) is 0 Å². The van der Waals surface area contributed by atoms with Crippen LogP contribution in [0, 0.1) is 0 Å². The molecular weight excluding hydrogens is 117 g/mol. The minimum atomic E-state index is 1.35. The highest BCUT2D eigenvalue weighted by molar-refractivity contribution is 8.45. The zero-order valence-corrected chi connectivity index (χ0v) is 5.91. The molecule has 2 unspecified atom stereocenters. The van der Waals surface area contributed by atoms with Crippen molar-refractivity contribution < 1.29 is 0 Å². The van der Waals surface area contributed by atoms with Crippen LogP contribution in [0.5, 0.6) is 0 Å². The van der Waals surface area contributed by atoms with Crippen molar-refractivity contribution in [1.29, 1.82) is 0 Å². The molecule has 0 aromatic rings. The molecule has 0 aromatic heterocycles. The highest BCUT2D eigenvalue weighted by Gasteiger charge is 1.94. The van der Waals surface area contributed by atoms with Gasteiger partial charge < -0.3 is 0 Å². The molecule has 0 amide bonds. The van der Waals surface area contributed by atoms with E-state index in [0.29, 0.717) is 0 Å². The molecule has 1 fully saturated rings. The Hall–Kier alpha value is 1.29. The molecule has 1 aliphatic rings. The van der Waals surface area contributed by atoms with Crippen LogP contribution in [0.25, 0.3) is 0 Å². The van der Waals surface area contributed by atoms with E-state index in [4.69, 9.17) is 0 Å². The third kappa shape index (κ3) is 1.45. The van der Waals surface area contributed by atoms with E-state index in [1.807, 2.05) is 0 Å². The molecule has 2 atom stereocenters. The predicted molar refractivity (Wildman–Crippen MR) is 34.7 cm³/mol. The van der Waals surface area contributed by atoms with E-state index in [2.05, 4.69) is 0 Å². The molecule has 3 heteroatoms. The quantitative estimate of drug-likeness (QED) is 0.432. The van der Waals surface area contributed by atoms with Gasteiger partial charge in [0.1, 0.15) is 0 Å². The van der Waals surface area contributed by atoms with E-state index < -0.39 is 0 Å². The first-order valence-electron chi connectivity index (χ1n) is 1.71. The lowest BCUT2D eigenvalue weighted by Crippen LogP contribution is -1.61. The zero-order valence-electron chi connectivity index (χ0n) is 2.91. The van der Waals surface area contributed by atoms with Crippen LogP contribution in [0.2, 0.25) is 0 Å². The molecule has 1 rings (SSSR count). The smallest absolute Gasteiger partial charge is 0.0273 e. The van der Waals surface area contributed by atoms with Crippen molar-refractivity contribution in [3.63, 3.8) is 0 Å². The van der Waals surface area contributed by atoms with Gasteiger partial charge in [0.15, 0.2) is 0 Å². The summed E-state index contributed by atoms with van der Waals surface area (Å²) in [7, 11) is 4.06. The molecule has 0 N–H and O–H groups in total. The highest BCUT2D eigenvalue weighted by Crippen LogP contribution is 2.58. The van der Waals surface area contributed by atoms with Crippen molar-refractivity contribution in [3.8, 4) is 0 Å². The van der Waals surface area contributed by atoms with Crippen molar-refractivity contribution in [2.45, 2.75) is 0 Å². The number of hydrogen-bond acceptors (Lipinski definition) is 0. The lowest BCUT2D eigenvalue weighted by atomic mass is 11.0. The summed E-state index contributed by atoms with van der Waals surface area (Å²) in [4.78, 5) is 0. The third-order valence-electron chi connectivity index (χ3n) is 0.552. The van der Waals surface area contributed by atoms with Gasteiger partial charge in [-0.25, -0.2) is 0 Å². The summed E-state index contributed by atoms with van der Waals surface area (Å²) in [6, 6.07) is 0. The summed E-state index contributed by atoms with van der Waals surface area (Å²) >= 11 is 0. The van der Waals surface area contributed by atoms with Crippen molar-refractivity contribution in [1.82, 2.24) is 0 Å². The Morgan fingerprint density at radius 3 is 1.80 bits per heavy atom.